The Kier molecular flexibility index (Phi) is 7.72. The van der Waals surface area contributed by atoms with Gasteiger partial charge in [-0.3, -0.25) is 14.4 Å². The summed E-state index contributed by atoms with van der Waals surface area (Å²) < 4.78 is 0. The summed E-state index contributed by atoms with van der Waals surface area (Å²) in [5, 5.41) is 12.1. The number of carbonyl (C=O) groups is 3. The van der Waals surface area contributed by atoms with Gasteiger partial charge in [0.15, 0.2) is 0 Å². The Balaban J connectivity index is 1.70. The molecule has 1 aliphatic carbocycles. The Hall–Kier alpha value is -1.59. The summed E-state index contributed by atoms with van der Waals surface area (Å²) in [5.74, 6) is -0.748. The molecule has 2 rings (SSSR count). The van der Waals surface area contributed by atoms with Crippen molar-refractivity contribution in [3.8, 4) is 0 Å². The lowest BCUT2D eigenvalue weighted by atomic mass is 9.81. The molecule has 0 unspecified atom stereocenters. The SMILES string of the molecule is CCCCCNC(=O)C1CCN(C(=O)C2CCC(C(=O)O)CC2)CC1. The number of hydrogen-bond acceptors (Lipinski definition) is 3. The molecule has 0 aromatic rings. The fraction of sp³-hybridized carbons (Fsp3) is 0.842. The molecule has 1 aliphatic heterocycles. The number of nitrogens with one attached hydrogen (secondary N) is 1. The summed E-state index contributed by atoms with van der Waals surface area (Å²) in [6.45, 7) is 4.18. The number of piperidine rings is 1. The van der Waals surface area contributed by atoms with Crippen LogP contribution in [0.25, 0.3) is 0 Å². The van der Waals surface area contributed by atoms with Gasteiger partial charge in [0.1, 0.15) is 0 Å². The Morgan fingerprint density at radius 3 is 2.08 bits per heavy atom. The van der Waals surface area contributed by atoms with Crippen LogP contribution in [0.5, 0.6) is 0 Å². The number of nitrogens with zero attached hydrogens (tertiary/aromatic N) is 1. The lowest BCUT2D eigenvalue weighted by Gasteiger charge is -2.35. The van der Waals surface area contributed by atoms with Crippen LogP contribution in [0.4, 0.5) is 0 Å². The van der Waals surface area contributed by atoms with Crippen molar-refractivity contribution in [2.45, 2.75) is 64.7 Å². The van der Waals surface area contributed by atoms with Gasteiger partial charge in [-0.2, -0.15) is 0 Å². The first-order valence-corrected chi connectivity index (χ1v) is 9.82. The molecule has 0 bridgehead atoms. The van der Waals surface area contributed by atoms with Crippen molar-refractivity contribution < 1.29 is 19.5 Å². The van der Waals surface area contributed by atoms with E-state index in [2.05, 4.69) is 12.2 Å². The zero-order valence-electron chi connectivity index (χ0n) is 15.3. The Morgan fingerprint density at radius 2 is 1.52 bits per heavy atom. The molecule has 2 aliphatic rings. The van der Waals surface area contributed by atoms with Crippen LogP contribution >= 0.6 is 0 Å². The van der Waals surface area contributed by atoms with E-state index in [4.69, 9.17) is 5.11 Å². The zero-order chi connectivity index (χ0) is 18.2. The topological polar surface area (TPSA) is 86.7 Å². The standard InChI is InChI=1S/C19H32N2O4/c1-2-3-4-11-20-17(22)14-9-12-21(13-10-14)18(23)15-5-7-16(8-6-15)19(24)25/h14-16H,2-13H2,1H3,(H,20,22)(H,24,25). The third kappa shape index (κ3) is 5.72. The molecule has 0 aromatic heterocycles. The average Bonchev–Trinajstić information content (AvgIpc) is 2.64. The van der Waals surface area contributed by atoms with Crippen LogP contribution < -0.4 is 5.32 Å². The maximum atomic E-state index is 12.6. The first kappa shape index (κ1) is 19.7. The van der Waals surface area contributed by atoms with E-state index < -0.39 is 5.97 Å². The van der Waals surface area contributed by atoms with Gasteiger partial charge in [0, 0.05) is 31.5 Å². The summed E-state index contributed by atoms with van der Waals surface area (Å²) in [6.07, 6.45) is 7.32. The smallest absolute Gasteiger partial charge is 0.306 e. The summed E-state index contributed by atoms with van der Waals surface area (Å²) >= 11 is 0. The molecule has 2 amide bonds. The van der Waals surface area contributed by atoms with E-state index in [1.165, 1.54) is 0 Å². The Bertz CT molecular complexity index is 464. The van der Waals surface area contributed by atoms with Crippen molar-refractivity contribution >= 4 is 17.8 Å². The highest BCUT2D eigenvalue weighted by molar-refractivity contribution is 5.81. The van der Waals surface area contributed by atoms with Gasteiger partial charge >= 0.3 is 5.97 Å². The van der Waals surface area contributed by atoms with Crippen LogP contribution in [0, 0.1) is 17.8 Å². The van der Waals surface area contributed by atoms with E-state index in [-0.39, 0.29) is 29.6 Å². The quantitative estimate of drug-likeness (QED) is 0.689. The third-order valence-corrected chi connectivity index (χ3v) is 5.68. The molecule has 0 atom stereocenters. The number of carboxylic acids is 1. The maximum Gasteiger partial charge on any atom is 0.306 e. The van der Waals surface area contributed by atoms with E-state index >= 15 is 0 Å². The second-order valence-electron chi connectivity index (χ2n) is 7.48. The van der Waals surface area contributed by atoms with Crippen LogP contribution in [-0.2, 0) is 14.4 Å². The molecule has 1 saturated heterocycles. The van der Waals surface area contributed by atoms with Gasteiger partial charge in [-0.1, -0.05) is 19.8 Å². The first-order chi connectivity index (χ1) is 12.0. The average molecular weight is 352 g/mol. The fourth-order valence-electron chi connectivity index (χ4n) is 3.94. The van der Waals surface area contributed by atoms with Crippen molar-refractivity contribution in [1.29, 1.82) is 0 Å². The van der Waals surface area contributed by atoms with Crippen LogP contribution in [-0.4, -0.2) is 47.4 Å². The number of carboxylic acid groups (broad SMARTS) is 1. The van der Waals surface area contributed by atoms with Gasteiger partial charge in [-0.15, -0.1) is 0 Å². The molecule has 0 spiro atoms. The monoisotopic (exact) mass is 352 g/mol. The molecule has 2 N–H and O–H groups in total. The molecule has 0 radical (unpaired) electrons. The number of unbranched alkanes of at least 4 members (excludes halogenated alkanes) is 2. The minimum absolute atomic E-state index is 0.0217. The lowest BCUT2D eigenvalue weighted by Crippen LogP contribution is -2.45. The molecule has 6 nitrogen and oxygen atoms in total. The first-order valence-electron chi connectivity index (χ1n) is 9.82. The second kappa shape index (κ2) is 9.78. The Morgan fingerprint density at radius 1 is 0.920 bits per heavy atom. The van der Waals surface area contributed by atoms with E-state index in [1.807, 2.05) is 4.90 Å². The van der Waals surface area contributed by atoms with E-state index in [0.717, 1.165) is 38.6 Å². The highest BCUT2D eigenvalue weighted by Gasteiger charge is 2.34. The number of hydrogen-bond donors (Lipinski definition) is 2. The number of aliphatic carboxylic acids is 1. The molecule has 1 heterocycles. The molecule has 142 valence electrons. The molecule has 0 aromatic carbocycles. The minimum Gasteiger partial charge on any atom is -0.481 e. The minimum atomic E-state index is -0.739. The summed E-state index contributed by atoms with van der Waals surface area (Å²) in [7, 11) is 0. The van der Waals surface area contributed by atoms with Crippen molar-refractivity contribution in [3.63, 3.8) is 0 Å². The predicted molar refractivity (Wildman–Crippen MR) is 94.9 cm³/mol. The van der Waals surface area contributed by atoms with Gasteiger partial charge in [-0.25, -0.2) is 0 Å². The second-order valence-corrected chi connectivity index (χ2v) is 7.48. The molecule has 6 heteroatoms. The normalized spacial score (nSPS) is 24.8. The molecule has 1 saturated carbocycles. The predicted octanol–water partition coefficient (Wildman–Crippen LogP) is 2.42. The largest absolute Gasteiger partial charge is 0.481 e. The van der Waals surface area contributed by atoms with Crippen molar-refractivity contribution in [2.24, 2.45) is 17.8 Å². The van der Waals surface area contributed by atoms with Gasteiger partial charge in [0.25, 0.3) is 0 Å². The summed E-state index contributed by atoms with van der Waals surface area (Å²) in [6, 6.07) is 0. The Labute approximate surface area is 150 Å². The molecular weight excluding hydrogens is 320 g/mol. The summed E-state index contributed by atoms with van der Waals surface area (Å²) in [5.41, 5.74) is 0. The van der Waals surface area contributed by atoms with E-state index in [1.54, 1.807) is 0 Å². The van der Waals surface area contributed by atoms with E-state index in [9.17, 15) is 14.4 Å². The number of carbonyl (C=O) groups excluding carboxylic acids is 2. The molecular formula is C19H32N2O4. The maximum absolute atomic E-state index is 12.6. The zero-order valence-corrected chi connectivity index (χ0v) is 15.3. The van der Waals surface area contributed by atoms with Gasteiger partial charge in [0.2, 0.25) is 11.8 Å². The van der Waals surface area contributed by atoms with E-state index in [0.29, 0.717) is 38.8 Å². The fourth-order valence-corrected chi connectivity index (χ4v) is 3.94. The van der Waals surface area contributed by atoms with Gasteiger partial charge in [0.05, 0.1) is 5.92 Å². The van der Waals surface area contributed by atoms with Gasteiger partial charge < -0.3 is 15.3 Å². The van der Waals surface area contributed by atoms with Crippen molar-refractivity contribution in [2.75, 3.05) is 19.6 Å². The van der Waals surface area contributed by atoms with Crippen molar-refractivity contribution in [1.82, 2.24) is 10.2 Å². The lowest BCUT2D eigenvalue weighted by molar-refractivity contribution is -0.146. The number of amides is 2. The van der Waals surface area contributed by atoms with Crippen LogP contribution in [0.3, 0.4) is 0 Å². The highest BCUT2D eigenvalue weighted by atomic mass is 16.4. The highest BCUT2D eigenvalue weighted by Crippen LogP contribution is 2.31. The molecule has 2 fully saturated rings. The summed E-state index contributed by atoms with van der Waals surface area (Å²) in [4.78, 5) is 37.7. The van der Waals surface area contributed by atoms with Crippen molar-refractivity contribution in [3.05, 3.63) is 0 Å². The molecule has 25 heavy (non-hydrogen) atoms. The number of rotatable bonds is 7. The van der Waals surface area contributed by atoms with Crippen LogP contribution in [0.15, 0.2) is 0 Å². The third-order valence-electron chi connectivity index (χ3n) is 5.68. The van der Waals surface area contributed by atoms with Crippen LogP contribution in [0.2, 0.25) is 0 Å². The van der Waals surface area contributed by atoms with Crippen LogP contribution in [0.1, 0.15) is 64.7 Å². The van der Waals surface area contributed by atoms with Gasteiger partial charge in [-0.05, 0) is 44.9 Å². The number of likely N-dealkylation sites (tertiary alicyclic amines) is 1.